The summed E-state index contributed by atoms with van der Waals surface area (Å²) in [4.78, 5) is 15.0. The summed E-state index contributed by atoms with van der Waals surface area (Å²) in [5, 5.41) is 8.78. The molecule has 1 heterocycles. The summed E-state index contributed by atoms with van der Waals surface area (Å²) in [7, 11) is 0. The van der Waals surface area contributed by atoms with E-state index in [1.165, 1.54) is 0 Å². The Bertz CT molecular complexity index is 643. The normalized spacial score (nSPS) is 11.2. The van der Waals surface area contributed by atoms with E-state index < -0.39 is 17.6 Å². The van der Waals surface area contributed by atoms with E-state index in [4.69, 9.17) is 5.11 Å². The van der Waals surface area contributed by atoms with E-state index in [-0.39, 0.29) is 13.0 Å². The number of hydrogen-bond acceptors (Lipinski definition) is 3. The van der Waals surface area contributed by atoms with Crippen LogP contribution in [0, 0.1) is 11.6 Å². The fourth-order valence-corrected chi connectivity index (χ4v) is 2.40. The number of benzene rings is 1. The highest BCUT2D eigenvalue weighted by molar-refractivity contribution is 7.98. The van der Waals surface area contributed by atoms with Gasteiger partial charge in [0, 0.05) is 30.9 Å². The maximum Gasteiger partial charge on any atom is 0.305 e. The number of aryl methyl sites for hydroxylation is 2. The molecule has 0 bridgehead atoms. The fraction of sp³-hybridized carbons (Fsp3) is 0.385. The molecule has 1 aromatic carbocycles. The van der Waals surface area contributed by atoms with Crippen molar-refractivity contribution in [2.75, 3.05) is 12.0 Å². The van der Waals surface area contributed by atoms with Crippen LogP contribution in [0.4, 0.5) is 8.78 Å². The molecule has 7 heteroatoms. The molecule has 0 atom stereocenters. The van der Waals surface area contributed by atoms with Gasteiger partial charge in [-0.1, -0.05) is 0 Å². The SMILES string of the molecule is CSCCc1nc2cc(F)c(F)cc2n1CCC(=O)O. The summed E-state index contributed by atoms with van der Waals surface area (Å²) in [5.41, 5.74) is 0.784. The van der Waals surface area contributed by atoms with Crippen molar-refractivity contribution in [3.8, 4) is 0 Å². The van der Waals surface area contributed by atoms with Crippen LogP contribution in [-0.2, 0) is 17.8 Å². The zero-order valence-corrected chi connectivity index (χ0v) is 11.7. The number of carboxylic acid groups (broad SMARTS) is 1. The highest BCUT2D eigenvalue weighted by Gasteiger charge is 2.14. The van der Waals surface area contributed by atoms with E-state index in [0.29, 0.717) is 23.3 Å². The van der Waals surface area contributed by atoms with Crippen molar-refractivity contribution in [2.24, 2.45) is 0 Å². The molecule has 108 valence electrons. The number of hydrogen-bond donors (Lipinski definition) is 1. The van der Waals surface area contributed by atoms with Gasteiger partial charge in [0.1, 0.15) is 5.82 Å². The second kappa shape index (κ2) is 6.21. The van der Waals surface area contributed by atoms with E-state index in [0.717, 1.165) is 17.9 Å². The summed E-state index contributed by atoms with van der Waals surface area (Å²) in [6, 6.07) is 2.12. The third-order valence-electron chi connectivity index (χ3n) is 2.95. The van der Waals surface area contributed by atoms with E-state index in [2.05, 4.69) is 4.98 Å². The van der Waals surface area contributed by atoms with Crippen LogP contribution >= 0.6 is 11.8 Å². The lowest BCUT2D eigenvalue weighted by atomic mass is 10.3. The molecule has 0 radical (unpaired) electrons. The highest BCUT2D eigenvalue weighted by Crippen LogP contribution is 2.21. The van der Waals surface area contributed by atoms with Gasteiger partial charge in [-0.25, -0.2) is 13.8 Å². The van der Waals surface area contributed by atoms with Crippen molar-refractivity contribution >= 4 is 28.8 Å². The lowest BCUT2D eigenvalue weighted by Crippen LogP contribution is -2.09. The molecule has 4 nitrogen and oxygen atoms in total. The molecular formula is C13H14F2N2O2S. The Kier molecular flexibility index (Phi) is 4.59. The largest absolute Gasteiger partial charge is 0.481 e. The third kappa shape index (κ3) is 3.09. The minimum atomic E-state index is -0.953. The number of thioether (sulfide) groups is 1. The first-order valence-corrected chi connectivity index (χ1v) is 7.47. The molecular weight excluding hydrogens is 286 g/mol. The summed E-state index contributed by atoms with van der Waals surface area (Å²) >= 11 is 1.63. The zero-order valence-electron chi connectivity index (χ0n) is 10.9. The van der Waals surface area contributed by atoms with Gasteiger partial charge in [0.25, 0.3) is 0 Å². The molecule has 0 fully saturated rings. The van der Waals surface area contributed by atoms with Gasteiger partial charge in [0.15, 0.2) is 11.6 Å². The molecule has 2 rings (SSSR count). The average molecular weight is 300 g/mol. The van der Waals surface area contributed by atoms with Crippen molar-refractivity contribution in [3.05, 3.63) is 29.6 Å². The quantitative estimate of drug-likeness (QED) is 0.891. The Balaban J connectivity index is 2.46. The van der Waals surface area contributed by atoms with E-state index in [1.54, 1.807) is 16.3 Å². The number of carboxylic acids is 1. The monoisotopic (exact) mass is 300 g/mol. The first kappa shape index (κ1) is 14.8. The Morgan fingerprint density at radius 3 is 2.75 bits per heavy atom. The Hall–Kier alpha value is -1.63. The summed E-state index contributed by atoms with van der Waals surface area (Å²) < 4.78 is 28.2. The molecule has 0 aliphatic heterocycles. The predicted molar refractivity (Wildman–Crippen MR) is 74.0 cm³/mol. The molecule has 0 amide bonds. The number of fused-ring (bicyclic) bond motifs is 1. The van der Waals surface area contributed by atoms with Gasteiger partial charge < -0.3 is 9.67 Å². The van der Waals surface area contributed by atoms with Gasteiger partial charge in [-0.15, -0.1) is 0 Å². The lowest BCUT2D eigenvalue weighted by Gasteiger charge is -2.07. The Labute approximate surface area is 118 Å². The zero-order chi connectivity index (χ0) is 14.7. The Morgan fingerprint density at radius 1 is 1.40 bits per heavy atom. The summed E-state index contributed by atoms with van der Waals surface area (Å²) in [6.07, 6.45) is 2.49. The molecule has 0 saturated heterocycles. The Morgan fingerprint density at radius 2 is 2.10 bits per heavy atom. The number of aromatic nitrogens is 2. The number of nitrogens with zero attached hydrogens (tertiary/aromatic N) is 2. The van der Waals surface area contributed by atoms with Crippen LogP contribution in [0.15, 0.2) is 12.1 Å². The van der Waals surface area contributed by atoms with Crippen molar-refractivity contribution in [3.63, 3.8) is 0 Å². The standard InChI is InChI=1S/C13H14F2N2O2S/c1-20-5-3-12-16-10-6-8(14)9(15)7-11(10)17(12)4-2-13(18)19/h6-7H,2-5H2,1H3,(H,18,19). The minimum absolute atomic E-state index is 0.0866. The molecule has 1 N–H and O–H groups in total. The van der Waals surface area contributed by atoms with Gasteiger partial charge in [-0.05, 0) is 6.26 Å². The summed E-state index contributed by atoms with van der Waals surface area (Å²) in [6.45, 7) is 0.195. The number of halogens is 2. The second-order valence-electron chi connectivity index (χ2n) is 4.32. The maximum atomic E-state index is 13.4. The minimum Gasteiger partial charge on any atom is -0.481 e. The first-order valence-electron chi connectivity index (χ1n) is 6.08. The van der Waals surface area contributed by atoms with Crippen LogP contribution in [-0.4, -0.2) is 32.6 Å². The smallest absolute Gasteiger partial charge is 0.305 e. The van der Waals surface area contributed by atoms with Crippen LogP contribution in [0.3, 0.4) is 0 Å². The molecule has 0 aliphatic rings. The average Bonchev–Trinajstić information content (AvgIpc) is 2.71. The van der Waals surface area contributed by atoms with Gasteiger partial charge in [-0.3, -0.25) is 4.79 Å². The number of rotatable bonds is 6. The van der Waals surface area contributed by atoms with Gasteiger partial charge in [-0.2, -0.15) is 11.8 Å². The number of aliphatic carboxylic acids is 1. The number of imidazole rings is 1. The van der Waals surface area contributed by atoms with Crippen LogP contribution in [0.2, 0.25) is 0 Å². The van der Waals surface area contributed by atoms with Crippen LogP contribution in [0.5, 0.6) is 0 Å². The molecule has 0 saturated carbocycles. The van der Waals surface area contributed by atoms with Crippen LogP contribution in [0.1, 0.15) is 12.2 Å². The van der Waals surface area contributed by atoms with Gasteiger partial charge >= 0.3 is 5.97 Å². The highest BCUT2D eigenvalue weighted by atomic mass is 32.2. The van der Waals surface area contributed by atoms with Crippen molar-refractivity contribution in [1.29, 1.82) is 0 Å². The van der Waals surface area contributed by atoms with Crippen molar-refractivity contribution in [2.45, 2.75) is 19.4 Å². The second-order valence-corrected chi connectivity index (χ2v) is 5.31. The fourth-order valence-electron chi connectivity index (χ4n) is 2.01. The first-order chi connectivity index (χ1) is 9.52. The molecule has 0 aliphatic carbocycles. The molecule has 1 aromatic heterocycles. The maximum absolute atomic E-state index is 13.4. The topological polar surface area (TPSA) is 55.1 Å². The lowest BCUT2D eigenvalue weighted by molar-refractivity contribution is -0.137. The van der Waals surface area contributed by atoms with Gasteiger partial charge in [0.2, 0.25) is 0 Å². The van der Waals surface area contributed by atoms with E-state index in [1.807, 2.05) is 6.26 Å². The van der Waals surface area contributed by atoms with Crippen molar-refractivity contribution < 1.29 is 18.7 Å². The summed E-state index contributed by atoms with van der Waals surface area (Å²) in [5.74, 6) is -1.38. The van der Waals surface area contributed by atoms with Crippen molar-refractivity contribution in [1.82, 2.24) is 9.55 Å². The molecule has 0 unspecified atom stereocenters. The molecule has 0 spiro atoms. The van der Waals surface area contributed by atoms with Crippen LogP contribution in [0.25, 0.3) is 11.0 Å². The molecule has 2 aromatic rings. The van der Waals surface area contributed by atoms with E-state index in [9.17, 15) is 13.6 Å². The predicted octanol–water partition coefficient (Wildman–Crippen LogP) is 2.69. The number of carbonyl (C=O) groups is 1. The molecule has 20 heavy (non-hydrogen) atoms. The van der Waals surface area contributed by atoms with Crippen LogP contribution < -0.4 is 0 Å². The van der Waals surface area contributed by atoms with Gasteiger partial charge in [0.05, 0.1) is 17.5 Å². The third-order valence-corrected chi connectivity index (χ3v) is 3.56. The van der Waals surface area contributed by atoms with E-state index >= 15 is 0 Å².